The fourth-order valence-corrected chi connectivity index (χ4v) is 1.79. The molecule has 0 saturated heterocycles. The van der Waals surface area contributed by atoms with Gasteiger partial charge in [-0.15, -0.1) is 0 Å². The van der Waals surface area contributed by atoms with Gasteiger partial charge < -0.3 is 5.11 Å². The first-order valence-electron chi connectivity index (χ1n) is 4.83. The molecule has 3 heteroatoms. The van der Waals surface area contributed by atoms with Crippen LogP contribution in [0.1, 0.15) is 5.56 Å². The molecule has 0 atom stereocenters. The molecule has 0 spiro atoms. The first-order chi connectivity index (χ1) is 7.58. The van der Waals surface area contributed by atoms with Crippen molar-refractivity contribution in [3.8, 4) is 16.9 Å². The highest BCUT2D eigenvalue weighted by atomic mass is 35.5. The molecule has 0 aliphatic rings. The van der Waals surface area contributed by atoms with Crippen molar-refractivity contribution >= 4 is 11.6 Å². The molecular weight excluding hydrogens is 227 g/mol. The molecule has 2 rings (SSSR count). The van der Waals surface area contributed by atoms with E-state index < -0.39 is 0 Å². The monoisotopic (exact) mass is 236 g/mol. The second-order valence-corrected chi connectivity index (χ2v) is 4.05. The lowest BCUT2D eigenvalue weighted by molar-refractivity contribution is 0.477. The van der Waals surface area contributed by atoms with E-state index in [2.05, 4.69) is 0 Å². The molecule has 0 aromatic heterocycles. The molecule has 0 fully saturated rings. The van der Waals surface area contributed by atoms with E-state index in [0.29, 0.717) is 16.1 Å². The quantitative estimate of drug-likeness (QED) is 0.788. The summed E-state index contributed by atoms with van der Waals surface area (Å²) in [6, 6.07) is 9.22. The van der Waals surface area contributed by atoms with E-state index in [-0.39, 0.29) is 11.6 Å². The predicted molar refractivity (Wildman–Crippen MR) is 63.2 cm³/mol. The Bertz CT molecular complexity index is 488. The lowest BCUT2D eigenvalue weighted by atomic mass is 10.0. The van der Waals surface area contributed by atoms with Gasteiger partial charge in [-0.05, 0) is 37.3 Å². The Morgan fingerprint density at radius 2 is 1.81 bits per heavy atom. The minimum absolute atomic E-state index is 0.0955. The smallest absolute Gasteiger partial charge is 0.123 e. The molecule has 0 bridgehead atoms. The molecule has 0 heterocycles. The molecule has 0 amide bonds. The average Bonchev–Trinajstić information content (AvgIpc) is 2.25. The summed E-state index contributed by atoms with van der Waals surface area (Å²) >= 11 is 5.98. The molecule has 1 N–H and O–H groups in total. The van der Waals surface area contributed by atoms with Gasteiger partial charge >= 0.3 is 0 Å². The van der Waals surface area contributed by atoms with Crippen LogP contribution in [-0.2, 0) is 0 Å². The highest BCUT2D eigenvalue weighted by Gasteiger charge is 2.09. The van der Waals surface area contributed by atoms with Crippen LogP contribution in [0.2, 0.25) is 5.02 Å². The molecule has 2 aromatic rings. The maximum Gasteiger partial charge on any atom is 0.123 e. The van der Waals surface area contributed by atoms with Gasteiger partial charge in [0.15, 0.2) is 0 Å². The topological polar surface area (TPSA) is 20.2 Å². The summed E-state index contributed by atoms with van der Waals surface area (Å²) in [4.78, 5) is 0. The maximum absolute atomic E-state index is 13.1. The number of aromatic hydroxyl groups is 1. The molecule has 0 unspecified atom stereocenters. The first-order valence-corrected chi connectivity index (χ1v) is 5.21. The molecule has 0 aliphatic heterocycles. The Kier molecular flexibility index (Phi) is 2.84. The van der Waals surface area contributed by atoms with Crippen LogP contribution in [0, 0.1) is 12.7 Å². The standard InChI is InChI=1S/C13H10ClFO/c1-8-2-5-13(16)11(6-8)10-7-9(15)3-4-12(10)14/h2-7,16H,1H3. The van der Waals surface area contributed by atoms with E-state index in [0.717, 1.165) is 5.56 Å². The fraction of sp³-hybridized carbons (Fsp3) is 0.0769. The van der Waals surface area contributed by atoms with Crippen LogP contribution in [0.25, 0.3) is 11.1 Å². The van der Waals surface area contributed by atoms with Crippen LogP contribution >= 0.6 is 11.6 Å². The largest absolute Gasteiger partial charge is 0.507 e. The van der Waals surface area contributed by atoms with Gasteiger partial charge in [0, 0.05) is 16.1 Å². The minimum Gasteiger partial charge on any atom is -0.507 e. The number of rotatable bonds is 1. The number of halogens is 2. The van der Waals surface area contributed by atoms with Gasteiger partial charge in [-0.1, -0.05) is 23.2 Å². The van der Waals surface area contributed by atoms with Crippen molar-refractivity contribution in [3.63, 3.8) is 0 Å². The number of aryl methyl sites for hydroxylation is 1. The minimum atomic E-state index is -0.375. The Hall–Kier alpha value is -1.54. The summed E-state index contributed by atoms with van der Waals surface area (Å²) in [6.45, 7) is 1.90. The van der Waals surface area contributed by atoms with Crippen LogP contribution in [0.3, 0.4) is 0 Å². The lowest BCUT2D eigenvalue weighted by Crippen LogP contribution is -1.84. The zero-order chi connectivity index (χ0) is 11.7. The molecular formula is C13H10ClFO. The van der Waals surface area contributed by atoms with Gasteiger partial charge in [0.1, 0.15) is 11.6 Å². The lowest BCUT2D eigenvalue weighted by Gasteiger charge is -2.08. The number of benzene rings is 2. The maximum atomic E-state index is 13.1. The summed E-state index contributed by atoms with van der Waals surface area (Å²) in [5.41, 5.74) is 2.03. The van der Waals surface area contributed by atoms with Crippen molar-refractivity contribution in [2.75, 3.05) is 0 Å². The van der Waals surface area contributed by atoms with Crippen molar-refractivity contribution in [2.45, 2.75) is 6.92 Å². The number of phenolic OH excluding ortho intramolecular Hbond substituents is 1. The molecule has 0 aliphatic carbocycles. The Balaban J connectivity index is 2.66. The van der Waals surface area contributed by atoms with Crippen molar-refractivity contribution < 1.29 is 9.50 Å². The van der Waals surface area contributed by atoms with E-state index in [4.69, 9.17) is 11.6 Å². The van der Waals surface area contributed by atoms with Gasteiger partial charge in [0.05, 0.1) is 0 Å². The second kappa shape index (κ2) is 4.14. The number of hydrogen-bond donors (Lipinski definition) is 1. The normalized spacial score (nSPS) is 10.4. The van der Waals surface area contributed by atoms with Crippen molar-refractivity contribution in [1.82, 2.24) is 0 Å². The summed E-state index contributed by atoms with van der Waals surface area (Å²) < 4.78 is 13.1. The highest BCUT2D eigenvalue weighted by molar-refractivity contribution is 6.33. The Morgan fingerprint density at radius 3 is 2.56 bits per heavy atom. The van der Waals surface area contributed by atoms with Crippen LogP contribution in [0.4, 0.5) is 4.39 Å². The van der Waals surface area contributed by atoms with Crippen LogP contribution in [-0.4, -0.2) is 5.11 Å². The summed E-state index contributed by atoms with van der Waals surface area (Å²) in [5.74, 6) is -0.279. The number of hydrogen-bond acceptors (Lipinski definition) is 1. The van der Waals surface area contributed by atoms with Gasteiger partial charge in [-0.25, -0.2) is 4.39 Å². The third-order valence-electron chi connectivity index (χ3n) is 2.37. The zero-order valence-corrected chi connectivity index (χ0v) is 9.42. The number of phenols is 1. The Morgan fingerprint density at radius 1 is 1.06 bits per heavy atom. The van der Waals surface area contributed by atoms with Gasteiger partial charge in [-0.3, -0.25) is 0 Å². The average molecular weight is 237 g/mol. The van der Waals surface area contributed by atoms with Crippen LogP contribution < -0.4 is 0 Å². The van der Waals surface area contributed by atoms with E-state index in [1.807, 2.05) is 6.92 Å². The second-order valence-electron chi connectivity index (χ2n) is 3.64. The Labute approximate surface area is 98.1 Å². The molecule has 0 saturated carbocycles. The van der Waals surface area contributed by atoms with Gasteiger partial charge in [-0.2, -0.15) is 0 Å². The third kappa shape index (κ3) is 2.02. The van der Waals surface area contributed by atoms with Crippen molar-refractivity contribution in [3.05, 3.63) is 52.8 Å². The molecule has 1 nitrogen and oxygen atoms in total. The molecule has 82 valence electrons. The van der Waals surface area contributed by atoms with E-state index in [1.165, 1.54) is 18.2 Å². The first kappa shape index (κ1) is 11.0. The molecule has 16 heavy (non-hydrogen) atoms. The van der Waals surface area contributed by atoms with Crippen LogP contribution in [0.5, 0.6) is 5.75 Å². The fourth-order valence-electron chi connectivity index (χ4n) is 1.57. The molecule has 0 radical (unpaired) electrons. The highest BCUT2D eigenvalue weighted by Crippen LogP contribution is 2.35. The summed E-state index contributed by atoms with van der Waals surface area (Å²) in [6.07, 6.45) is 0. The van der Waals surface area contributed by atoms with E-state index in [1.54, 1.807) is 18.2 Å². The van der Waals surface area contributed by atoms with E-state index >= 15 is 0 Å². The SMILES string of the molecule is Cc1ccc(O)c(-c2cc(F)ccc2Cl)c1. The predicted octanol–water partition coefficient (Wildman–Crippen LogP) is 4.16. The zero-order valence-electron chi connectivity index (χ0n) is 8.67. The van der Waals surface area contributed by atoms with Crippen LogP contribution in [0.15, 0.2) is 36.4 Å². The summed E-state index contributed by atoms with van der Waals surface area (Å²) in [5, 5.41) is 10.1. The van der Waals surface area contributed by atoms with E-state index in [9.17, 15) is 9.50 Å². The summed E-state index contributed by atoms with van der Waals surface area (Å²) in [7, 11) is 0. The molecule has 2 aromatic carbocycles. The van der Waals surface area contributed by atoms with Gasteiger partial charge in [0.25, 0.3) is 0 Å². The third-order valence-corrected chi connectivity index (χ3v) is 2.70. The van der Waals surface area contributed by atoms with Crippen molar-refractivity contribution in [1.29, 1.82) is 0 Å². The van der Waals surface area contributed by atoms with Crippen molar-refractivity contribution in [2.24, 2.45) is 0 Å². The van der Waals surface area contributed by atoms with Gasteiger partial charge in [0.2, 0.25) is 0 Å².